The lowest BCUT2D eigenvalue weighted by Gasteiger charge is -2.35. The smallest absolute Gasteiger partial charge is 0.179 e. The number of nitrogens with zero attached hydrogens (tertiary/aromatic N) is 1. The zero-order chi connectivity index (χ0) is 34.7. The molecule has 0 unspecified atom stereocenters. The molecule has 3 nitrogen and oxygen atoms in total. The van der Waals surface area contributed by atoms with E-state index in [4.69, 9.17) is 9.47 Å². The Morgan fingerprint density at radius 1 is 0.308 bits per heavy atom. The van der Waals surface area contributed by atoms with Gasteiger partial charge in [0, 0.05) is 22.5 Å². The Morgan fingerprint density at radius 3 is 1.23 bits per heavy atom. The maximum Gasteiger partial charge on any atom is 0.179 e. The third kappa shape index (κ3) is 5.65. The van der Waals surface area contributed by atoms with Crippen LogP contribution in [-0.2, 0) is 0 Å². The van der Waals surface area contributed by atoms with E-state index < -0.39 is 8.07 Å². The lowest BCUT2D eigenvalue weighted by atomic mass is 10.2. The predicted octanol–water partition coefficient (Wildman–Crippen LogP) is 9.75. The Morgan fingerprint density at radius 2 is 0.731 bits per heavy atom. The zero-order valence-corrected chi connectivity index (χ0v) is 29.5. The Labute approximate surface area is 304 Å². The van der Waals surface area contributed by atoms with Gasteiger partial charge >= 0.3 is 0 Å². The van der Waals surface area contributed by atoms with Crippen LogP contribution in [0.1, 0.15) is 0 Å². The molecule has 0 aliphatic carbocycles. The summed E-state index contributed by atoms with van der Waals surface area (Å²) in [5.41, 5.74) is 3.49. The first-order valence-electron chi connectivity index (χ1n) is 17.6. The van der Waals surface area contributed by atoms with Crippen molar-refractivity contribution in [3.63, 3.8) is 0 Å². The van der Waals surface area contributed by atoms with Crippen molar-refractivity contribution in [2.45, 2.75) is 0 Å². The molecule has 0 N–H and O–H groups in total. The average Bonchev–Trinajstić information content (AvgIpc) is 3.54. The van der Waals surface area contributed by atoms with Crippen LogP contribution in [-0.4, -0.2) is 12.6 Å². The van der Waals surface area contributed by atoms with E-state index in [1.807, 2.05) is 66.7 Å². The molecule has 0 radical (unpaired) electrons. The van der Waals surface area contributed by atoms with Crippen LogP contribution in [0.4, 0.5) is 0 Å². The van der Waals surface area contributed by atoms with E-state index in [0.717, 1.165) is 33.9 Å². The molecule has 8 aromatic carbocycles. The molecular formula is C48H35NO2Si. The van der Waals surface area contributed by atoms with E-state index >= 15 is 0 Å². The molecule has 248 valence electrons. The van der Waals surface area contributed by atoms with Crippen molar-refractivity contribution in [1.82, 2.24) is 4.57 Å². The number of hydrogen-bond donors (Lipinski definition) is 0. The molecule has 9 rings (SSSR count). The third-order valence-corrected chi connectivity index (χ3v) is 14.5. The maximum atomic E-state index is 6.62. The van der Waals surface area contributed by atoms with Crippen molar-refractivity contribution in [3.8, 4) is 28.7 Å². The van der Waals surface area contributed by atoms with Gasteiger partial charge < -0.3 is 14.0 Å². The van der Waals surface area contributed by atoms with Gasteiger partial charge in [0.2, 0.25) is 0 Å². The van der Waals surface area contributed by atoms with Gasteiger partial charge in [-0.1, -0.05) is 146 Å². The minimum atomic E-state index is -3.05. The normalized spacial score (nSPS) is 11.5. The molecule has 1 heterocycles. The van der Waals surface area contributed by atoms with Crippen LogP contribution in [0.15, 0.2) is 212 Å². The van der Waals surface area contributed by atoms with Crippen molar-refractivity contribution in [3.05, 3.63) is 212 Å². The number of rotatable bonds is 9. The van der Waals surface area contributed by atoms with Gasteiger partial charge in [0.15, 0.2) is 8.07 Å². The molecule has 0 atom stereocenters. The van der Waals surface area contributed by atoms with Gasteiger partial charge in [-0.25, -0.2) is 0 Å². The molecule has 9 aromatic rings. The fourth-order valence-corrected chi connectivity index (χ4v) is 12.4. The van der Waals surface area contributed by atoms with Gasteiger partial charge in [-0.05, 0) is 81.4 Å². The molecule has 0 bridgehead atoms. The summed E-state index contributed by atoms with van der Waals surface area (Å²) >= 11 is 0. The number of hydrogen-bond acceptors (Lipinski definition) is 2. The van der Waals surface area contributed by atoms with Gasteiger partial charge in [0.1, 0.15) is 23.0 Å². The van der Waals surface area contributed by atoms with Crippen molar-refractivity contribution < 1.29 is 9.47 Å². The van der Waals surface area contributed by atoms with Crippen molar-refractivity contribution in [2.75, 3.05) is 0 Å². The van der Waals surface area contributed by atoms with E-state index in [2.05, 4.69) is 150 Å². The number of benzene rings is 8. The molecular weight excluding hydrogens is 651 g/mol. The lowest BCUT2D eigenvalue weighted by molar-refractivity contribution is 0.461. The summed E-state index contributed by atoms with van der Waals surface area (Å²) in [5.74, 6) is 2.98. The second kappa shape index (κ2) is 13.6. The Kier molecular flexibility index (Phi) is 8.20. The number of ether oxygens (including phenoxy) is 2. The van der Waals surface area contributed by atoms with E-state index in [1.54, 1.807) is 0 Å². The Bertz CT molecular complexity index is 2470. The largest absolute Gasteiger partial charge is 0.457 e. The van der Waals surface area contributed by atoms with Crippen LogP contribution >= 0.6 is 0 Å². The second-order valence-electron chi connectivity index (χ2n) is 12.9. The van der Waals surface area contributed by atoms with E-state index in [1.165, 1.54) is 37.4 Å². The SMILES string of the molecule is c1ccc(Oc2cc(Oc3ccccc3)cc([Si](c3ccccc3)(c3ccccc3)c3cccc(-n4c5ccccc5c5ccccc54)c3)c2)cc1. The highest BCUT2D eigenvalue weighted by atomic mass is 28.3. The molecule has 0 amide bonds. The van der Waals surface area contributed by atoms with Crippen LogP contribution in [0.2, 0.25) is 0 Å². The summed E-state index contributed by atoms with van der Waals surface area (Å²) < 4.78 is 15.6. The molecule has 0 fully saturated rings. The Balaban J connectivity index is 1.34. The summed E-state index contributed by atoms with van der Waals surface area (Å²) in [7, 11) is -3.05. The van der Waals surface area contributed by atoms with Gasteiger partial charge in [0.05, 0.1) is 11.0 Å². The molecule has 0 saturated heterocycles. The van der Waals surface area contributed by atoms with Crippen molar-refractivity contribution in [1.29, 1.82) is 0 Å². The van der Waals surface area contributed by atoms with Crippen LogP contribution in [0.3, 0.4) is 0 Å². The first-order chi connectivity index (χ1) is 25.8. The van der Waals surface area contributed by atoms with Crippen LogP contribution in [0.25, 0.3) is 27.5 Å². The zero-order valence-electron chi connectivity index (χ0n) is 28.5. The second-order valence-corrected chi connectivity index (χ2v) is 16.7. The summed E-state index contributed by atoms with van der Waals surface area (Å²) in [6, 6.07) is 74.9. The van der Waals surface area contributed by atoms with E-state index in [0.29, 0.717) is 0 Å². The lowest BCUT2D eigenvalue weighted by Crippen LogP contribution is -2.74. The predicted molar refractivity (Wildman–Crippen MR) is 217 cm³/mol. The highest BCUT2D eigenvalue weighted by Gasteiger charge is 2.42. The molecule has 0 spiro atoms. The highest BCUT2D eigenvalue weighted by molar-refractivity contribution is 7.20. The highest BCUT2D eigenvalue weighted by Crippen LogP contribution is 2.33. The molecule has 0 aliphatic heterocycles. The monoisotopic (exact) mass is 685 g/mol. The van der Waals surface area contributed by atoms with Gasteiger partial charge in [-0.2, -0.15) is 0 Å². The number of para-hydroxylation sites is 4. The van der Waals surface area contributed by atoms with Gasteiger partial charge in [-0.3, -0.25) is 0 Å². The number of aromatic nitrogens is 1. The van der Waals surface area contributed by atoms with Gasteiger partial charge in [-0.15, -0.1) is 0 Å². The maximum absolute atomic E-state index is 6.62. The quantitative estimate of drug-likeness (QED) is 0.112. The molecule has 1 aromatic heterocycles. The summed E-state index contributed by atoms with van der Waals surface area (Å²) in [5, 5.41) is 7.43. The van der Waals surface area contributed by atoms with Crippen molar-refractivity contribution in [2.24, 2.45) is 0 Å². The Hall–Kier alpha value is -6.62. The average molecular weight is 686 g/mol. The number of fused-ring (bicyclic) bond motifs is 3. The summed E-state index contributed by atoms with van der Waals surface area (Å²) in [6.07, 6.45) is 0. The van der Waals surface area contributed by atoms with Crippen LogP contribution in [0, 0.1) is 0 Å². The fourth-order valence-electron chi connectivity index (χ4n) is 7.61. The van der Waals surface area contributed by atoms with E-state index in [-0.39, 0.29) is 0 Å². The van der Waals surface area contributed by atoms with Crippen LogP contribution in [0.5, 0.6) is 23.0 Å². The molecule has 4 heteroatoms. The first kappa shape index (κ1) is 31.4. The third-order valence-electron chi connectivity index (χ3n) is 9.80. The van der Waals surface area contributed by atoms with Crippen molar-refractivity contribution >= 4 is 50.6 Å². The topological polar surface area (TPSA) is 23.4 Å². The molecule has 0 aliphatic rings. The first-order valence-corrected chi connectivity index (χ1v) is 19.6. The van der Waals surface area contributed by atoms with Crippen LogP contribution < -0.4 is 30.2 Å². The minimum Gasteiger partial charge on any atom is -0.457 e. The molecule has 52 heavy (non-hydrogen) atoms. The minimum absolute atomic E-state index is 0.719. The summed E-state index contributed by atoms with van der Waals surface area (Å²) in [6.45, 7) is 0. The standard InChI is InChI=1S/C48H35NO2Si/c1-5-19-37(20-6-1)50-39-33-40(51-38-21-7-2-8-22-38)35-44(34-39)52(41-23-9-3-10-24-41,42-25-11-4-12-26-42)43-27-17-18-36(32-43)49-47-30-15-13-28-45(47)46-29-14-16-31-48(46)49/h1-35H. The summed E-state index contributed by atoms with van der Waals surface area (Å²) in [4.78, 5) is 0. The molecule has 0 saturated carbocycles. The van der Waals surface area contributed by atoms with E-state index in [9.17, 15) is 0 Å². The fraction of sp³-hybridized carbons (Fsp3) is 0. The van der Waals surface area contributed by atoms with Gasteiger partial charge in [0.25, 0.3) is 0 Å².